The van der Waals surface area contributed by atoms with Crippen molar-refractivity contribution in [2.24, 2.45) is 0 Å². The Morgan fingerprint density at radius 2 is 2.29 bits per heavy atom. The molecule has 0 radical (unpaired) electrons. The van der Waals surface area contributed by atoms with Crippen molar-refractivity contribution in [3.63, 3.8) is 0 Å². The van der Waals surface area contributed by atoms with Crippen LogP contribution in [0.15, 0.2) is 44.7 Å². The first-order valence-electron chi connectivity index (χ1n) is 5.15. The molecule has 0 aliphatic carbocycles. The Bertz CT molecular complexity index is 544. The molecular formula is C11H13NO3S2. The summed E-state index contributed by atoms with van der Waals surface area (Å²) in [6.07, 6.45) is 3.81. The van der Waals surface area contributed by atoms with Gasteiger partial charge in [-0.2, -0.15) is 0 Å². The first kappa shape index (κ1) is 12.3. The maximum absolute atomic E-state index is 11.9. The molecule has 1 atom stereocenters. The lowest BCUT2D eigenvalue weighted by Crippen LogP contribution is -2.33. The molecule has 0 amide bonds. The fourth-order valence-electron chi connectivity index (χ4n) is 1.54. The molecular weight excluding hydrogens is 258 g/mol. The highest BCUT2D eigenvalue weighted by Gasteiger charge is 2.18. The number of nitrogens with one attached hydrogen (secondary N) is 1. The van der Waals surface area contributed by atoms with E-state index in [0.29, 0.717) is 10.6 Å². The van der Waals surface area contributed by atoms with E-state index in [4.69, 9.17) is 4.42 Å². The zero-order chi connectivity index (χ0) is 12.3. The molecule has 0 saturated heterocycles. The molecule has 1 N–H and O–H groups in total. The van der Waals surface area contributed by atoms with E-state index in [1.54, 1.807) is 30.0 Å². The van der Waals surface area contributed by atoms with E-state index in [1.807, 2.05) is 13.0 Å². The third kappa shape index (κ3) is 3.18. The largest absolute Gasteiger partial charge is 0.472 e. The van der Waals surface area contributed by atoms with Crippen LogP contribution < -0.4 is 4.72 Å². The van der Waals surface area contributed by atoms with Gasteiger partial charge in [-0.15, -0.1) is 11.3 Å². The molecule has 0 aliphatic heterocycles. The van der Waals surface area contributed by atoms with Crippen molar-refractivity contribution < 1.29 is 12.8 Å². The van der Waals surface area contributed by atoms with E-state index < -0.39 is 10.0 Å². The minimum absolute atomic E-state index is 0.167. The number of hydrogen-bond acceptors (Lipinski definition) is 4. The summed E-state index contributed by atoms with van der Waals surface area (Å²) in [4.78, 5) is 0. The second-order valence-corrected chi connectivity index (χ2v) is 6.68. The molecule has 6 heteroatoms. The third-order valence-electron chi connectivity index (χ3n) is 2.24. The molecule has 0 fully saturated rings. The second kappa shape index (κ2) is 5.03. The van der Waals surface area contributed by atoms with Crippen LogP contribution in [-0.2, 0) is 16.4 Å². The molecule has 0 aliphatic rings. The lowest BCUT2D eigenvalue weighted by Gasteiger charge is -2.12. The zero-order valence-electron chi connectivity index (χ0n) is 9.29. The molecule has 92 valence electrons. The number of furan rings is 1. The van der Waals surface area contributed by atoms with Crippen LogP contribution in [0.25, 0.3) is 0 Å². The van der Waals surface area contributed by atoms with Gasteiger partial charge in [0.15, 0.2) is 0 Å². The lowest BCUT2D eigenvalue weighted by atomic mass is 10.1. The summed E-state index contributed by atoms with van der Waals surface area (Å²) in [6.45, 7) is 1.83. The summed E-state index contributed by atoms with van der Waals surface area (Å²) in [7, 11) is -3.38. The van der Waals surface area contributed by atoms with Crippen LogP contribution >= 0.6 is 11.3 Å². The van der Waals surface area contributed by atoms with Crippen LogP contribution in [0.3, 0.4) is 0 Å². The highest BCUT2D eigenvalue weighted by atomic mass is 32.2. The number of thiophene rings is 1. The van der Waals surface area contributed by atoms with Gasteiger partial charge < -0.3 is 4.42 Å². The first-order chi connectivity index (χ1) is 8.08. The molecule has 0 saturated carbocycles. The maximum Gasteiger partial charge on any atom is 0.250 e. The van der Waals surface area contributed by atoms with E-state index in [1.165, 1.54) is 11.3 Å². The van der Waals surface area contributed by atoms with E-state index in [0.717, 1.165) is 5.56 Å². The highest BCUT2D eigenvalue weighted by Crippen LogP contribution is 2.16. The molecule has 2 heterocycles. The minimum atomic E-state index is -3.38. The SMILES string of the molecule is CC(Cc1ccoc1)NS(=O)(=O)c1cccs1. The van der Waals surface area contributed by atoms with Crippen molar-refractivity contribution in [3.05, 3.63) is 41.7 Å². The maximum atomic E-state index is 11.9. The standard InChI is InChI=1S/C11H13NO3S2/c1-9(7-10-4-5-15-8-10)12-17(13,14)11-3-2-6-16-11/h2-6,8-9,12H,7H2,1H3. The molecule has 2 rings (SSSR count). The predicted molar refractivity (Wildman–Crippen MR) is 66.5 cm³/mol. The summed E-state index contributed by atoms with van der Waals surface area (Å²) in [5.41, 5.74) is 0.978. The van der Waals surface area contributed by atoms with Crippen LogP contribution in [0.2, 0.25) is 0 Å². The predicted octanol–water partition coefficient (Wildman–Crippen LogP) is 2.25. The normalized spacial score (nSPS) is 13.7. The van der Waals surface area contributed by atoms with Crippen molar-refractivity contribution in [1.82, 2.24) is 4.72 Å². The molecule has 0 aromatic carbocycles. The van der Waals surface area contributed by atoms with Gasteiger partial charge in [-0.25, -0.2) is 13.1 Å². The number of hydrogen-bond donors (Lipinski definition) is 1. The first-order valence-corrected chi connectivity index (χ1v) is 7.51. The smallest absolute Gasteiger partial charge is 0.250 e. The molecule has 4 nitrogen and oxygen atoms in total. The molecule has 2 aromatic heterocycles. The van der Waals surface area contributed by atoms with Gasteiger partial charge in [0, 0.05) is 6.04 Å². The summed E-state index contributed by atoms with van der Waals surface area (Å²) < 4.78 is 31.7. The third-order valence-corrected chi connectivity index (χ3v) is 5.23. The fraction of sp³-hybridized carbons (Fsp3) is 0.273. The van der Waals surface area contributed by atoms with Crippen LogP contribution in [0, 0.1) is 0 Å². The second-order valence-electron chi connectivity index (χ2n) is 3.79. The average molecular weight is 271 g/mol. The van der Waals surface area contributed by atoms with E-state index in [9.17, 15) is 8.42 Å². The van der Waals surface area contributed by atoms with Crippen LogP contribution in [0.1, 0.15) is 12.5 Å². The zero-order valence-corrected chi connectivity index (χ0v) is 10.9. The Morgan fingerprint density at radius 1 is 1.47 bits per heavy atom. The van der Waals surface area contributed by atoms with Crippen molar-refractivity contribution in [1.29, 1.82) is 0 Å². The summed E-state index contributed by atoms with van der Waals surface area (Å²) >= 11 is 1.21. The molecule has 1 unspecified atom stereocenters. The van der Waals surface area contributed by atoms with E-state index >= 15 is 0 Å². The van der Waals surface area contributed by atoms with Gasteiger partial charge in [0.05, 0.1) is 12.5 Å². The van der Waals surface area contributed by atoms with Gasteiger partial charge in [0.1, 0.15) is 4.21 Å². The van der Waals surface area contributed by atoms with Gasteiger partial charge in [-0.05, 0) is 36.4 Å². The van der Waals surface area contributed by atoms with Gasteiger partial charge in [0.2, 0.25) is 10.0 Å². The minimum Gasteiger partial charge on any atom is -0.472 e. The Kier molecular flexibility index (Phi) is 3.66. The van der Waals surface area contributed by atoms with Crippen molar-refractivity contribution in [2.75, 3.05) is 0 Å². The Balaban J connectivity index is 2.01. The molecule has 0 spiro atoms. The Morgan fingerprint density at radius 3 is 2.88 bits per heavy atom. The van der Waals surface area contributed by atoms with Gasteiger partial charge in [-0.3, -0.25) is 0 Å². The van der Waals surface area contributed by atoms with Gasteiger partial charge in [0.25, 0.3) is 0 Å². The Labute approximate surface area is 104 Å². The summed E-state index contributed by atoms with van der Waals surface area (Å²) in [5.74, 6) is 0. The summed E-state index contributed by atoms with van der Waals surface area (Å²) in [5, 5.41) is 1.75. The van der Waals surface area contributed by atoms with Crippen LogP contribution in [0.5, 0.6) is 0 Å². The van der Waals surface area contributed by atoms with E-state index in [2.05, 4.69) is 4.72 Å². The lowest BCUT2D eigenvalue weighted by molar-refractivity contribution is 0.550. The fourth-order valence-corrected chi connectivity index (χ4v) is 3.80. The number of rotatable bonds is 5. The van der Waals surface area contributed by atoms with Crippen molar-refractivity contribution >= 4 is 21.4 Å². The topological polar surface area (TPSA) is 59.3 Å². The molecule has 2 aromatic rings. The van der Waals surface area contributed by atoms with Crippen molar-refractivity contribution in [2.45, 2.75) is 23.6 Å². The highest BCUT2D eigenvalue weighted by molar-refractivity contribution is 7.91. The number of sulfonamides is 1. The van der Waals surface area contributed by atoms with Gasteiger partial charge in [-0.1, -0.05) is 6.07 Å². The van der Waals surface area contributed by atoms with Crippen molar-refractivity contribution in [3.8, 4) is 0 Å². The Hall–Kier alpha value is -1.11. The monoisotopic (exact) mass is 271 g/mol. The van der Waals surface area contributed by atoms with E-state index in [-0.39, 0.29) is 6.04 Å². The molecule has 0 bridgehead atoms. The quantitative estimate of drug-likeness (QED) is 0.907. The average Bonchev–Trinajstić information content (AvgIpc) is 2.87. The van der Waals surface area contributed by atoms with Gasteiger partial charge >= 0.3 is 0 Å². The van der Waals surface area contributed by atoms with Crippen LogP contribution in [-0.4, -0.2) is 14.5 Å². The summed E-state index contributed by atoms with van der Waals surface area (Å²) in [6, 6.07) is 4.98. The molecule has 17 heavy (non-hydrogen) atoms. The van der Waals surface area contributed by atoms with Crippen LogP contribution in [0.4, 0.5) is 0 Å².